The van der Waals surface area contributed by atoms with E-state index in [-0.39, 0.29) is 43.5 Å². The van der Waals surface area contributed by atoms with E-state index in [4.69, 9.17) is 5.26 Å². The van der Waals surface area contributed by atoms with E-state index in [9.17, 15) is 0 Å². The van der Waals surface area contributed by atoms with Gasteiger partial charge in [0.05, 0.1) is 11.6 Å². The van der Waals surface area contributed by atoms with Crippen molar-refractivity contribution in [3.63, 3.8) is 0 Å². The third-order valence-electron chi connectivity index (χ3n) is 0.830. The van der Waals surface area contributed by atoms with Crippen molar-refractivity contribution in [3.05, 3.63) is 35.9 Å². The minimum absolute atomic E-state index is 0. The summed E-state index contributed by atoms with van der Waals surface area (Å²) in [6.07, 6.45) is 0. The van der Waals surface area contributed by atoms with Gasteiger partial charge in [0, 0.05) is 25.5 Å². The van der Waals surface area contributed by atoms with Crippen molar-refractivity contribution in [1.29, 1.82) is 5.26 Å². The van der Waals surface area contributed by atoms with Crippen molar-refractivity contribution < 1.29 is 43.5 Å². The molecule has 3 heteroatoms. The zero-order chi connectivity index (χ0) is 5.82. The Balaban J connectivity index is 0. The van der Waals surface area contributed by atoms with Gasteiger partial charge in [0.2, 0.25) is 0 Å². The predicted molar refractivity (Wildman–Crippen MR) is 30.0 cm³/mol. The fourth-order valence-corrected chi connectivity index (χ4v) is 0.463. The summed E-state index contributed by atoms with van der Waals surface area (Å²) in [5.41, 5.74) is 0.590. The summed E-state index contributed by atoms with van der Waals surface area (Å²) in [6, 6.07) is 11.8. The third-order valence-corrected chi connectivity index (χ3v) is 0.830. The van der Waals surface area contributed by atoms with Gasteiger partial charge in [-0.15, -0.1) is 0 Å². The first-order valence-electron chi connectivity index (χ1n) is 2.30. The van der Waals surface area contributed by atoms with Crippen LogP contribution in [0.5, 0.6) is 0 Å². The quantitative estimate of drug-likeness (QED) is 0.416. The van der Waals surface area contributed by atoms with Crippen molar-refractivity contribution in [3.8, 4) is 6.07 Å². The van der Waals surface area contributed by atoms with Gasteiger partial charge >= 0.3 is 0 Å². The van der Waals surface area contributed by atoms with Crippen LogP contribution in [-0.4, -0.2) is 0 Å². The number of rotatable bonds is 0. The molecule has 0 aliphatic carbocycles. The molecule has 47 valence electrons. The molecule has 0 saturated heterocycles. The minimum atomic E-state index is 0. The van der Waals surface area contributed by atoms with Crippen LogP contribution in [0.1, 0.15) is 5.56 Å². The molecule has 0 heterocycles. The van der Waals surface area contributed by atoms with Gasteiger partial charge in [0.1, 0.15) is 0 Å². The Labute approximate surface area is 90.2 Å². The zero-order valence-corrected chi connectivity index (χ0v) is 10.5. The molecule has 0 atom stereocenters. The standard InChI is InChI=1S/C7H4N.HI.Zn/c8-6-7-4-2-1-3-5-7;;/h1-4H;1H;/p-1. The van der Waals surface area contributed by atoms with E-state index >= 15 is 0 Å². The first-order valence-corrected chi connectivity index (χ1v) is 2.30. The average molecular weight is 294 g/mol. The molecule has 1 aromatic carbocycles. The monoisotopic (exact) mass is 293 g/mol. The van der Waals surface area contributed by atoms with Crippen LogP contribution < -0.4 is 24.0 Å². The van der Waals surface area contributed by atoms with Crippen molar-refractivity contribution >= 4 is 0 Å². The van der Waals surface area contributed by atoms with Gasteiger partial charge in [-0.3, -0.25) is 0 Å². The molecule has 0 N–H and O–H groups in total. The molecule has 0 unspecified atom stereocenters. The van der Waals surface area contributed by atoms with Gasteiger partial charge in [-0.25, -0.2) is 0 Å². The summed E-state index contributed by atoms with van der Waals surface area (Å²) >= 11 is 0. The molecule has 0 amide bonds. The number of nitriles is 1. The summed E-state index contributed by atoms with van der Waals surface area (Å²) in [5, 5.41) is 8.26. The first kappa shape index (κ1) is 12.7. The van der Waals surface area contributed by atoms with E-state index in [0.29, 0.717) is 5.56 Å². The van der Waals surface area contributed by atoms with Crippen molar-refractivity contribution in [2.45, 2.75) is 0 Å². The molecular formula is C7H4INZn-. The van der Waals surface area contributed by atoms with Gasteiger partial charge in [0.15, 0.2) is 0 Å². The number of halogens is 1. The molecule has 0 fully saturated rings. The minimum Gasteiger partial charge on any atom is -1.00 e. The average Bonchev–Trinajstić information content (AvgIpc) is 1.90. The second-order valence-corrected chi connectivity index (χ2v) is 1.39. The van der Waals surface area contributed by atoms with Crippen LogP contribution in [0.3, 0.4) is 0 Å². The molecule has 1 rings (SSSR count). The number of hydrogen-bond acceptors (Lipinski definition) is 1. The first-order chi connectivity index (χ1) is 3.93. The van der Waals surface area contributed by atoms with Gasteiger partial charge in [0.25, 0.3) is 0 Å². The molecular weight excluding hydrogens is 290 g/mol. The Morgan fingerprint density at radius 1 is 1.40 bits per heavy atom. The van der Waals surface area contributed by atoms with Crippen molar-refractivity contribution in [2.75, 3.05) is 0 Å². The molecule has 1 aromatic rings. The molecule has 0 saturated carbocycles. The largest absolute Gasteiger partial charge is 1.00 e. The van der Waals surface area contributed by atoms with E-state index in [1.807, 2.05) is 18.2 Å². The molecule has 0 bridgehead atoms. The molecule has 1 nitrogen and oxygen atoms in total. The second-order valence-electron chi connectivity index (χ2n) is 1.39. The van der Waals surface area contributed by atoms with Crippen LogP contribution >= 0.6 is 0 Å². The van der Waals surface area contributed by atoms with E-state index in [1.165, 1.54) is 0 Å². The van der Waals surface area contributed by atoms with Crippen molar-refractivity contribution in [2.24, 2.45) is 0 Å². The van der Waals surface area contributed by atoms with Crippen LogP contribution in [-0.2, 0) is 19.5 Å². The zero-order valence-electron chi connectivity index (χ0n) is 5.34. The second kappa shape index (κ2) is 7.17. The number of benzene rings is 1. The molecule has 0 aliphatic rings. The topological polar surface area (TPSA) is 23.8 Å². The number of nitrogens with zero attached hydrogens (tertiary/aromatic N) is 1. The van der Waals surface area contributed by atoms with E-state index in [1.54, 1.807) is 12.1 Å². The summed E-state index contributed by atoms with van der Waals surface area (Å²) in [6.45, 7) is 0. The van der Waals surface area contributed by atoms with Crippen molar-refractivity contribution in [1.82, 2.24) is 0 Å². The smallest absolute Gasteiger partial charge is 0.0998 e. The van der Waals surface area contributed by atoms with Gasteiger partial charge < -0.3 is 24.0 Å². The Morgan fingerprint density at radius 2 is 2.10 bits per heavy atom. The summed E-state index contributed by atoms with van der Waals surface area (Å²) < 4.78 is 0. The molecule has 0 spiro atoms. The van der Waals surface area contributed by atoms with Crippen LogP contribution in [0.4, 0.5) is 0 Å². The fourth-order valence-electron chi connectivity index (χ4n) is 0.463. The Hall–Kier alpha value is 0.0634. The molecule has 0 aliphatic heterocycles. The van der Waals surface area contributed by atoms with E-state index in [0.717, 1.165) is 0 Å². The van der Waals surface area contributed by atoms with Crippen LogP contribution in [0.15, 0.2) is 24.3 Å². The van der Waals surface area contributed by atoms with E-state index in [2.05, 4.69) is 6.07 Å². The summed E-state index contributed by atoms with van der Waals surface area (Å²) in [5.74, 6) is 0. The summed E-state index contributed by atoms with van der Waals surface area (Å²) in [7, 11) is 0. The maximum Gasteiger partial charge on any atom is 0.0998 e. The molecule has 10 heavy (non-hydrogen) atoms. The maximum atomic E-state index is 8.26. The third kappa shape index (κ3) is 3.97. The molecule has 1 radical (unpaired) electrons. The van der Waals surface area contributed by atoms with Crippen LogP contribution in [0.2, 0.25) is 0 Å². The normalized spacial score (nSPS) is 6.30. The van der Waals surface area contributed by atoms with Gasteiger partial charge in [-0.1, -0.05) is 18.2 Å². The SMILES string of the molecule is N#Cc1[c]cccc1.[I-].[Zn]. The molecule has 0 aromatic heterocycles. The number of hydrogen-bond donors (Lipinski definition) is 0. The Kier molecular flexibility index (Phi) is 9.12. The van der Waals surface area contributed by atoms with Crippen LogP contribution in [0.25, 0.3) is 0 Å². The van der Waals surface area contributed by atoms with Gasteiger partial charge in [-0.05, 0) is 6.07 Å². The predicted octanol–water partition coefficient (Wildman–Crippen LogP) is -1.64. The fraction of sp³-hybridized carbons (Fsp3) is 0. The van der Waals surface area contributed by atoms with Crippen LogP contribution in [0, 0.1) is 17.4 Å². The maximum absolute atomic E-state index is 8.26. The van der Waals surface area contributed by atoms with Gasteiger partial charge in [-0.2, -0.15) is 5.26 Å². The van der Waals surface area contributed by atoms with E-state index < -0.39 is 0 Å². The Bertz CT molecular complexity index is 205. The summed E-state index contributed by atoms with van der Waals surface area (Å²) in [4.78, 5) is 0. The Morgan fingerprint density at radius 3 is 2.40 bits per heavy atom.